The van der Waals surface area contributed by atoms with Crippen molar-refractivity contribution in [2.75, 3.05) is 11.4 Å². The number of aromatic nitrogens is 1. The second kappa shape index (κ2) is 6.46. The van der Waals surface area contributed by atoms with E-state index in [0.29, 0.717) is 23.2 Å². The van der Waals surface area contributed by atoms with E-state index in [1.165, 1.54) is 12.8 Å². The summed E-state index contributed by atoms with van der Waals surface area (Å²) in [5.74, 6) is -0.372. The SMILES string of the molecule is Cc1cc(N(CC(C)C)C2CCCC2)c(C(=O)O)c(C)n1. The molecule has 4 heteroatoms. The molecule has 0 saturated heterocycles. The third kappa shape index (κ3) is 3.55. The van der Waals surface area contributed by atoms with Crippen molar-refractivity contribution in [3.63, 3.8) is 0 Å². The van der Waals surface area contributed by atoms with Gasteiger partial charge in [-0.05, 0) is 38.7 Å². The summed E-state index contributed by atoms with van der Waals surface area (Å²) in [4.78, 5) is 18.4. The van der Waals surface area contributed by atoms with Crippen molar-refractivity contribution in [3.8, 4) is 0 Å². The summed E-state index contributed by atoms with van der Waals surface area (Å²) in [6.07, 6.45) is 4.80. The highest BCUT2D eigenvalue weighted by molar-refractivity contribution is 5.95. The maximum Gasteiger partial charge on any atom is 0.339 e. The van der Waals surface area contributed by atoms with Crippen molar-refractivity contribution in [2.24, 2.45) is 5.92 Å². The van der Waals surface area contributed by atoms with Crippen LogP contribution in [0.2, 0.25) is 0 Å². The first kappa shape index (κ1) is 15.8. The number of carboxylic acid groups (broad SMARTS) is 1. The molecule has 1 heterocycles. The highest BCUT2D eigenvalue weighted by Crippen LogP contribution is 2.32. The molecular formula is C17H26N2O2. The van der Waals surface area contributed by atoms with Crippen LogP contribution in [0.25, 0.3) is 0 Å². The molecule has 0 amide bonds. The predicted octanol–water partition coefficient (Wildman–Crippen LogP) is 3.80. The number of carboxylic acids is 1. The summed E-state index contributed by atoms with van der Waals surface area (Å²) < 4.78 is 0. The first-order valence-electron chi connectivity index (χ1n) is 7.88. The van der Waals surface area contributed by atoms with Gasteiger partial charge in [-0.3, -0.25) is 4.98 Å². The lowest BCUT2D eigenvalue weighted by atomic mass is 10.0. The van der Waals surface area contributed by atoms with Gasteiger partial charge in [-0.15, -0.1) is 0 Å². The smallest absolute Gasteiger partial charge is 0.339 e. The molecule has 1 aromatic heterocycles. The molecule has 0 unspecified atom stereocenters. The number of aryl methyl sites for hydroxylation is 2. The van der Waals surface area contributed by atoms with Gasteiger partial charge in [0.2, 0.25) is 0 Å². The summed E-state index contributed by atoms with van der Waals surface area (Å²) in [7, 11) is 0. The normalized spacial score (nSPS) is 15.7. The predicted molar refractivity (Wildman–Crippen MR) is 85.1 cm³/mol. The van der Waals surface area contributed by atoms with Crippen molar-refractivity contribution >= 4 is 11.7 Å². The minimum atomic E-state index is -0.873. The molecule has 116 valence electrons. The molecule has 1 aromatic rings. The Kier molecular flexibility index (Phi) is 4.86. The summed E-state index contributed by atoms with van der Waals surface area (Å²) in [6.45, 7) is 8.99. The zero-order chi connectivity index (χ0) is 15.6. The van der Waals surface area contributed by atoms with Crippen molar-refractivity contribution in [3.05, 3.63) is 23.0 Å². The third-order valence-electron chi connectivity index (χ3n) is 4.16. The molecule has 0 atom stereocenters. The van der Waals surface area contributed by atoms with E-state index >= 15 is 0 Å². The maximum absolute atomic E-state index is 11.7. The number of nitrogens with zero attached hydrogens (tertiary/aromatic N) is 2. The van der Waals surface area contributed by atoms with Gasteiger partial charge in [0, 0.05) is 18.3 Å². The Bertz CT molecular complexity index is 520. The highest BCUT2D eigenvalue weighted by atomic mass is 16.4. The van der Waals surface area contributed by atoms with E-state index in [-0.39, 0.29) is 0 Å². The van der Waals surface area contributed by atoms with Crippen LogP contribution in [0.15, 0.2) is 6.07 Å². The van der Waals surface area contributed by atoms with E-state index in [1.807, 2.05) is 13.0 Å². The zero-order valence-corrected chi connectivity index (χ0v) is 13.5. The van der Waals surface area contributed by atoms with E-state index < -0.39 is 5.97 Å². The number of hydrogen-bond donors (Lipinski definition) is 1. The number of anilines is 1. The van der Waals surface area contributed by atoms with Crippen LogP contribution in [0.4, 0.5) is 5.69 Å². The highest BCUT2D eigenvalue weighted by Gasteiger charge is 2.28. The van der Waals surface area contributed by atoms with Crippen LogP contribution in [0.3, 0.4) is 0 Å². The zero-order valence-electron chi connectivity index (χ0n) is 13.5. The molecule has 0 radical (unpaired) electrons. The standard InChI is InChI=1S/C17H26N2O2/c1-11(2)10-19(14-7-5-6-8-14)15-9-12(3)18-13(4)16(15)17(20)21/h9,11,14H,5-8,10H2,1-4H3,(H,20,21). The quantitative estimate of drug-likeness (QED) is 0.896. The molecule has 0 bridgehead atoms. The van der Waals surface area contributed by atoms with Gasteiger partial charge < -0.3 is 10.0 Å². The third-order valence-corrected chi connectivity index (χ3v) is 4.16. The van der Waals surface area contributed by atoms with Gasteiger partial charge in [-0.1, -0.05) is 26.7 Å². The van der Waals surface area contributed by atoms with Gasteiger partial charge in [0.1, 0.15) is 5.56 Å². The minimum absolute atomic E-state index is 0.369. The van der Waals surface area contributed by atoms with E-state index in [0.717, 1.165) is 30.8 Å². The molecule has 0 aliphatic heterocycles. The largest absolute Gasteiger partial charge is 0.478 e. The molecule has 1 aliphatic rings. The lowest BCUT2D eigenvalue weighted by molar-refractivity contribution is 0.0696. The first-order valence-corrected chi connectivity index (χ1v) is 7.88. The van der Waals surface area contributed by atoms with E-state index in [4.69, 9.17) is 0 Å². The van der Waals surface area contributed by atoms with Gasteiger partial charge >= 0.3 is 5.97 Å². The van der Waals surface area contributed by atoms with Crippen molar-refractivity contribution in [1.29, 1.82) is 0 Å². The van der Waals surface area contributed by atoms with Gasteiger partial charge in [-0.2, -0.15) is 0 Å². The second-order valence-corrected chi connectivity index (χ2v) is 6.53. The number of aromatic carboxylic acids is 1. The number of rotatable bonds is 5. The minimum Gasteiger partial charge on any atom is -0.478 e. The van der Waals surface area contributed by atoms with Crippen LogP contribution < -0.4 is 4.90 Å². The van der Waals surface area contributed by atoms with Crippen LogP contribution in [0.5, 0.6) is 0 Å². The fourth-order valence-corrected chi connectivity index (χ4v) is 3.35. The maximum atomic E-state index is 11.7. The van der Waals surface area contributed by atoms with Crippen molar-refractivity contribution in [1.82, 2.24) is 4.98 Å². The molecule has 0 spiro atoms. The lowest BCUT2D eigenvalue weighted by Gasteiger charge is -2.34. The van der Waals surface area contributed by atoms with Crippen LogP contribution in [-0.2, 0) is 0 Å². The Labute approximate surface area is 127 Å². The summed E-state index contributed by atoms with van der Waals surface area (Å²) in [5.41, 5.74) is 2.73. The van der Waals surface area contributed by atoms with E-state index in [9.17, 15) is 9.90 Å². The van der Waals surface area contributed by atoms with Crippen LogP contribution in [0.1, 0.15) is 61.3 Å². The van der Waals surface area contributed by atoms with Gasteiger partial charge in [-0.25, -0.2) is 4.79 Å². The lowest BCUT2D eigenvalue weighted by Crippen LogP contribution is -2.37. The van der Waals surface area contributed by atoms with Gasteiger partial charge in [0.05, 0.1) is 11.4 Å². The fraction of sp³-hybridized carbons (Fsp3) is 0.647. The first-order chi connectivity index (χ1) is 9.90. The molecule has 1 N–H and O–H groups in total. The average molecular weight is 290 g/mol. The number of carbonyl (C=O) groups is 1. The Morgan fingerprint density at radius 3 is 2.52 bits per heavy atom. The molecule has 1 aliphatic carbocycles. The van der Waals surface area contributed by atoms with E-state index in [1.54, 1.807) is 6.92 Å². The average Bonchev–Trinajstić information content (AvgIpc) is 2.87. The van der Waals surface area contributed by atoms with Crippen molar-refractivity contribution in [2.45, 2.75) is 59.4 Å². The summed E-state index contributed by atoms with van der Waals surface area (Å²) >= 11 is 0. The fourth-order valence-electron chi connectivity index (χ4n) is 3.35. The topological polar surface area (TPSA) is 53.4 Å². The summed E-state index contributed by atoms with van der Waals surface area (Å²) in [5, 5.41) is 9.60. The van der Waals surface area contributed by atoms with Crippen LogP contribution in [0, 0.1) is 19.8 Å². The molecule has 21 heavy (non-hydrogen) atoms. The monoisotopic (exact) mass is 290 g/mol. The number of hydrogen-bond acceptors (Lipinski definition) is 3. The Hall–Kier alpha value is -1.58. The molecule has 4 nitrogen and oxygen atoms in total. The molecule has 1 fully saturated rings. The van der Waals surface area contributed by atoms with Gasteiger partial charge in [0.25, 0.3) is 0 Å². The van der Waals surface area contributed by atoms with Crippen LogP contribution >= 0.6 is 0 Å². The Morgan fingerprint density at radius 2 is 2.00 bits per heavy atom. The molecule has 2 rings (SSSR count). The van der Waals surface area contributed by atoms with Crippen molar-refractivity contribution < 1.29 is 9.90 Å². The van der Waals surface area contributed by atoms with Crippen LogP contribution in [-0.4, -0.2) is 28.6 Å². The van der Waals surface area contributed by atoms with E-state index in [2.05, 4.69) is 23.7 Å². The number of pyridine rings is 1. The van der Waals surface area contributed by atoms with Gasteiger partial charge in [0.15, 0.2) is 0 Å². The summed E-state index contributed by atoms with van der Waals surface area (Å²) in [6, 6.07) is 2.41. The second-order valence-electron chi connectivity index (χ2n) is 6.53. The molecule has 0 aromatic carbocycles. The molecular weight excluding hydrogens is 264 g/mol. The Morgan fingerprint density at radius 1 is 1.38 bits per heavy atom. The molecule has 1 saturated carbocycles. The Balaban J connectivity index is 2.49.